The molecule has 17 nitrogen and oxygen atoms in total. The lowest BCUT2D eigenvalue weighted by Crippen LogP contribution is -2.30. The minimum absolute atomic E-state index is 0.107. The van der Waals surface area contributed by atoms with Crippen molar-refractivity contribution in [3.8, 4) is 0 Å². The number of aliphatic hydroxyl groups is 1. The molecule has 19 heteroatoms. The van der Waals surface area contributed by atoms with Crippen molar-refractivity contribution in [1.82, 2.24) is 0 Å². The first kappa shape index (κ1) is 97.1. The highest BCUT2D eigenvalue weighted by Gasteiger charge is 2.30. The molecule has 0 radical (unpaired) electrons. The summed E-state index contributed by atoms with van der Waals surface area (Å²) in [7, 11) is -9.92. The van der Waals surface area contributed by atoms with Gasteiger partial charge in [-0.05, 0) is 31.6 Å². The van der Waals surface area contributed by atoms with Crippen LogP contribution in [0.5, 0.6) is 0 Å². The van der Waals surface area contributed by atoms with Gasteiger partial charge in [0.1, 0.15) is 19.3 Å². The maximum Gasteiger partial charge on any atom is 0.472 e. The molecular formula is C80H156O17P2. The van der Waals surface area contributed by atoms with E-state index in [0.29, 0.717) is 25.7 Å². The first-order chi connectivity index (χ1) is 48.1. The molecule has 0 saturated heterocycles. The van der Waals surface area contributed by atoms with Crippen LogP contribution in [0.3, 0.4) is 0 Å². The Morgan fingerprint density at radius 3 is 0.717 bits per heavy atom. The Hall–Kier alpha value is -1.94. The van der Waals surface area contributed by atoms with Crippen LogP contribution in [-0.4, -0.2) is 96.7 Å². The molecule has 0 aromatic heterocycles. The number of ether oxygens (including phenoxy) is 4. The van der Waals surface area contributed by atoms with Gasteiger partial charge in [-0.15, -0.1) is 0 Å². The molecule has 3 N–H and O–H groups in total. The van der Waals surface area contributed by atoms with Gasteiger partial charge in [-0.3, -0.25) is 37.3 Å². The Morgan fingerprint density at radius 1 is 0.283 bits per heavy atom. The number of aliphatic hydroxyl groups excluding tert-OH is 1. The van der Waals surface area contributed by atoms with E-state index < -0.39 is 97.5 Å². The number of phosphoric ester groups is 2. The molecule has 6 atom stereocenters. The van der Waals surface area contributed by atoms with Gasteiger partial charge in [0.05, 0.1) is 26.4 Å². The van der Waals surface area contributed by atoms with Crippen LogP contribution < -0.4 is 0 Å². The summed E-state index contributed by atoms with van der Waals surface area (Å²) in [6.07, 6.45) is 63.6. The summed E-state index contributed by atoms with van der Waals surface area (Å²) in [4.78, 5) is 73.0. The summed E-state index contributed by atoms with van der Waals surface area (Å²) in [6.45, 7) is 7.36. The predicted molar refractivity (Wildman–Crippen MR) is 405 cm³/mol. The van der Waals surface area contributed by atoms with Crippen LogP contribution in [0.4, 0.5) is 0 Å². The molecule has 0 rings (SSSR count). The van der Waals surface area contributed by atoms with Crippen molar-refractivity contribution in [3.05, 3.63) is 0 Å². The van der Waals surface area contributed by atoms with Gasteiger partial charge in [0.25, 0.3) is 0 Å². The largest absolute Gasteiger partial charge is 0.472 e. The summed E-state index contributed by atoms with van der Waals surface area (Å²) in [5, 5.41) is 10.6. The third kappa shape index (κ3) is 72.8. The van der Waals surface area contributed by atoms with Crippen LogP contribution >= 0.6 is 15.6 Å². The fraction of sp³-hybridized carbons (Fsp3) is 0.950. The third-order valence-corrected chi connectivity index (χ3v) is 21.0. The van der Waals surface area contributed by atoms with Crippen molar-refractivity contribution in [2.24, 2.45) is 5.92 Å². The first-order valence-electron chi connectivity index (χ1n) is 41.7. The Labute approximate surface area is 607 Å². The minimum Gasteiger partial charge on any atom is -0.462 e. The Bertz CT molecular complexity index is 1890. The average molecular weight is 1450 g/mol. The van der Waals surface area contributed by atoms with Crippen molar-refractivity contribution in [1.29, 1.82) is 0 Å². The fourth-order valence-corrected chi connectivity index (χ4v) is 14.0. The normalized spacial score (nSPS) is 14.1. The number of esters is 4. The monoisotopic (exact) mass is 1450 g/mol. The van der Waals surface area contributed by atoms with Gasteiger partial charge in [-0.1, -0.05) is 375 Å². The molecule has 0 bridgehead atoms. The molecule has 0 aromatic rings. The SMILES string of the molecule is CCCCCCCCCCCCCCCCCCCC(=O)O[C@H](COC(=O)CCCCCCCCCCCCCCCCCC)COP(=O)(O)OC[C@@H](O)COP(=O)(O)OC[C@@H](COC(=O)CCCCCCCCCCCCCC)OC(=O)CCCCCCCCCCCCC(C)CC. The number of hydrogen-bond acceptors (Lipinski definition) is 15. The molecular weight excluding hydrogens is 1290 g/mol. The number of carbonyl (C=O) groups is 4. The highest BCUT2D eigenvalue weighted by atomic mass is 31.2. The fourth-order valence-electron chi connectivity index (χ4n) is 12.4. The van der Waals surface area contributed by atoms with E-state index in [4.69, 9.17) is 37.0 Å². The maximum atomic E-state index is 13.1. The molecule has 588 valence electrons. The Morgan fingerprint density at radius 2 is 0.485 bits per heavy atom. The van der Waals surface area contributed by atoms with Crippen LogP contribution in [0, 0.1) is 5.92 Å². The van der Waals surface area contributed by atoms with Gasteiger partial charge in [-0.2, -0.15) is 0 Å². The quantitative estimate of drug-likeness (QED) is 0.0222. The molecule has 0 saturated carbocycles. The van der Waals surface area contributed by atoms with E-state index in [9.17, 15) is 43.2 Å². The van der Waals surface area contributed by atoms with Crippen LogP contribution in [-0.2, 0) is 65.4 Å². The minimum atomic E-state index is -4.96. The summed E-state index contributed by atoms with van der Waals surface area (Å²) in [5.74, 6) is -1.30. The summed E-state index contributed by atoms with van der Waals surface area (Å²) in [5.41, 5.74) is 0. The van der Waals surface area contributed by atoms with E-state index in [-0.39, 0.29) is 25.7 Å². The molecule has 0 aromatic carbocycles. The molecule has 0 aliphatic heterocycles. The number of rotatable bonds is 80. The van der Waals surface area contributed by atoms with Gasteiger partial charge in [0, 0.05) is 25.7 Å². The predicted octanol–water partition coefficient (Wildman–Crippen LogP) is 24.0. The second kappa shape index (κ2) is 73.0. The summed E-state index contributed by atoms with van der Waals surface area (Å²) < 4.78 is 68.7. The molecule has 0 spiro atoms. The zero-order valence-electron chi connectivity index (χ0n) is 64.6. The molecule has 99 heavy (non-hydrogen) atoms. The van der Waals surface area contributed by atoms with Crippen LogP contribution in [0.15, 0.2) is 0 Å². The molecule has 0 aliphatic carbocycles. The second-order valence-electron chi connectivity index (χ2n) is 29.1. The molecule has 3 unspecified atom stereocenters. The van der Waals surface area contributed by atoms with Gasteiger partial charge >= 0.3 is 39.5 Å². The molecule has 0 fully saturated rings. The number of carbonyl (C=O) groups excluding carboxylic acids is 4. The van der Waals surface area contributed by atoms with E-state index in [1.54, 1.807) is 0 Å². The lowest BCUT2D eigenvalue weighted by molar-refractivity contribution is -0.161. The maximum absolute atomic E-state index is 13.1. The van der Waals surface area contributed by atoms with Crippen molar-refractivity contribution in [2.75, 3.05) is 39.6 Å². The smallest absolute Gasteiger partial charge is 0.462 e. The van der Waals surface area contributed by atoms with Crippen LogP contribution in [0.2, 0.25) is 0 Å². The zero-order valence-corrected chi connectivity index (χ0v) is 66.4. The van der Waals surface area contributed by atoms with E-state index in [0.717, 1.165) is 95.8 Å². The van der Waals surface area contributed by atoms with Gasteiger partial charge < -0.3 is 33.8 Å². The van der Waals surface area contributed by atoms with Gasteiger partial charge in [0.15, 0.2) is 12.2 Å². The topological polar surface area (TPSA) is 237 Å². The van der Waals surface area contributed by atoms with Crippen molar-refractivity contribution >= 4 is 39.5 Å². The lowest BCUT2D eigenvalue weighted by Gasteiger charge is -2.21. The van der Waals surface area contributed by atoms with Crippen molar-refractivity contribution in [2.45, 2.75) is 445 Å². The number of hydrogen-bond donors (Lipinski definition) is 3. The third-order valence-electron chi connectivity index (χ3n) is 19.1. The highest BCUT2D eigenvalue weighted by Crippen LogP contribution is 2.45. The van der Waals surface area contributed by atoms with Crippen LogP contribution in [0.1, 0.15) is 426 Å². The molecule has 0 aliphatic rings. The van der Waals surface area contributed by atoms with Crippen LogP contribution in [0.25, 0.3) is 0 Å². The van der Waals surface area contributed by atoms with Gasteiger partial charge in [0.2, 0.25) is 0 Å². The van der Waals surface area contributed by atoms with Crippen molar-refractivity contribution < 1.29 is 80.2 Å². The average Bonchev–Trinajstić information content (AvgIpc) is 2.81. The lowest BCUT2D eigenvalue weighted by atomic mass is 9.99. The zero-order chi connectivity index (χ0) is 72.7. The molecule has 0 heterocycles. The summed E-state index contributed by atoms with van der Waals surface area (Å²) >= 11 is 0. The first-order valence-corrected chi connectivity index (χ1v) is 44.7. The number of unbranched alkanes of at least 4 members (excludes halogenated alkanes) is 51. The Kier molecular flexibility index (Phi) is 71.6. The Balaban J connectivity index is 5.26. The standard InChI is InChI=1S/C80H156O17P2/c1-6-10-13-16-19-22-25-28-30-32-34-36-39-45-50-55-60-65-79(84)96-75(69-91-78(83)64-59-54-49-44-38-35-33-31-29-26-23-20-17-14-11-7-2)71-94-98(86,87)92-67-74(81)68-93-99(88,89)95-72-76(70-90-77(82)63-58-53-48-43-37-27-24-21-18-15-12-8-3)97-80(85)66-61-56-51-46-41-40-42-47-52-57-62-73(5)9-4/h73-76,81H,6-72H2,1-5H3,(H,86,87)(H,88,89)/t73?,74-,75-,76-/m1/s1. The van der Waals surface area contributed by atoms with E-state index in [1.165, 1.54) is 250 Å². The van der Waals surface area contributed by atoms with E-state index in [1.807, 2.05) is 0 Å². The molecule has 0 amide bonds. The van der Waals surface area contributed by atoms with E-state index in [2.05, 4.69) is 34.6 Å². The van der Waals surface area contributed by atoms with Crippen molar-refractivity contribution in [3.63, 3.8) is 0 Å². The van der Waals surface area contributed by atoms with E-state index >= 15 is 0 Å². The highest BCUT2D eigenvalue weighted by molar-refractivity contribution is 7.47. The summed E-state index contributed by atoms with van der Waals surface area (Å²) in [6, 6.07) is 0. The number of phosphoric acid groups is 2. The van der Waals surface area contributed by atoms with Gasteiger partial charge in [-0.25, -0.2) is 9.13 Å². The second-order valence-corrected chi connectivity index (χ2v) is 32.0.